The number of hydrogen-bond donors (Lipinski definition) is 1. The summed E-state index contributed by atoms with van der Waals surface area (Å²) < 4.78 is 10.4. The van der Waals surface area contributed by atoms with E-state index in [1.165, 1.54) is 0 Å². The van der Waals surface area contributed by atoms with Crippen molar-refractivity contribution in [3.8, 4) is 5.75 Å². The standard InChI is InChI=1S/C14H17N3O2/c1-18-11-4-2-3-9(7-11)8-12-16-14(19-17-12)13(15)10-5-6-10/h2-4,7,10,13H,5-6,8,15H2,1H3. The highest BCUT2D eigenvalue weighted by molar-refractivity contribution is 5.30. The summed E-state index contributed by atoms with van der Waals surface area (Å²) in [6.07, 6.45) is 2.95. The van der Waals surface area contributed by atoms with Crippen molar-refractivity contribution in [1.29, 1.82) is 0 Å². The fraction of sp³-hybridized carbons (Fsp3) is 0.429. The predicted octanol–water partition coefficient (Wildman–Crippen LogP) is 2.08. The van der Waals surface area contributed by atoms with Crippen LogP contribution in [0.1, 0.15) is 36.2 Å². The van der Waals surface area contributed by atoms with Crippen molar-refractivity contribution < 1.29 is 9.26 Å². The second-order valence-corrected chi connectivity index (χ2v) is 4.94. The Balaban J connectivity index is 1.72. The highest BCUT2D eigenvalue weighted by Crippen LogP contribution is 2.38. The molecule has 0 bridgehead atoms. The number of benzene rings is 1. The molecule has 0 amide bonds. The number of aromatic nitrogens is 2. The van der Waals surface area contributed by atoms with E-state index < -0.39 is 0 Å². The van der Waals surface area contributed by atoms with Crippen molar-refractivity contribution in [3.63, 3.8) is 0 Å². The van der Waals surface area contributed by atoms with Crippen molar-refractivity contribution >= 4 is 0 Å². The van der Waals surface area contributed by atoms with E-state index in [0.717, 1.165) is 24.2 Å². The molecule has 5 heteroatoms. The van der Waals surface area contributed by atoms with Gasteiger partial charge in [-0.3, -0.25) is 0 Å². The van der Waals surface area contributed by atoms with Gasteiger partial charge in [0.05, 0.1) is 13.2 Å². The summed E-state index contributed by atoms with van der Waals surface area (Å²) >= 11 is 0. The lowest BCUT2D eigenvalue weighted by Crippen LogP contribution is -2.12. The largest absolute Gasteiger partial charge is 0.497 e. The maximum atomic E-state index is 6.04. The van der Waals surface area contributed by atoms with E-state index in [-0.39, 0.29) is 6.04 Å². The molecule has 1 aliphatic rings. The summed E-state index contributed by atoms with van der Waals surface area (Å²) in [5.41, 5.74) is 7.13. The monoisotopic (exact) mass is 259 g/mol. The summed E-state index contributed by atoms with van der Waals surface area (Å²) in [7, 11) is 1.65. The van der Waals surface area contributed by atoms with Gasteiger partial charge in [0.15, 0.2) is 5.82 Å². The third-order valence-electron chi connectivity index (χ3n) is 3.40. The van der Waals surface area contributed by atoms with Crippen LogP contribution in [0.4, 0.5) is 0 Å². The minimum absolute atomic E-state index is 0.105. The van der Waals surface area contributed by atoms with Gasteiger partial charge in [0.25, 0.3) is 0 Å². The van der Waals surface area contributed by atoms with Crippen molar-refractivity contribution in [3.05, 3.63) is 41.5 Å². The highest BCUT2D eigenvalue weighted by Gasteiger charge is 2.33. The van der Waals surface area contributed by atoms with Crippen LogP contribution in [0.15, 0.2) is 28.8 Å². The van der Waals surface area contributed by atoms with Gasteiger partial charge in [0.1, 0.15) is 5.75 Å². The summed E-state index contributed by atoms with van der Waals surface area (Å²) in [5.74, 6) is 2.57. The molecule has 3 rings (SSSR count). The average molecular weight is 259 g/mol. The number of rotatable bonds is 5. The Kier molecular flexibility index (Phi) is 3.21. The molecule has 1 heterocycles. The second-order valence-electron chi connectivity index (χ2n) is 4.94. The summed E-state index contributed by atoms with van der Waals surface area (Å²) in [4.78, 5) is 4.38. The lowest BCUT2D eigenvalue weighted by atomic mass is 10.1. The van der Waals surface area contributed by atoms with Crippen molar-refractivity contribution in [2.24, 2.45) is 11.7 Å². The van der Waals surface area contributed by atoms with Crippen molar-refractivity contribution in [2.75, 3.05) is 7.11 Å². The third-order valence-corrected chi connectivity index (χ3v) is 3.40. The molecule has 0 radical (unpaired) electrons. The molecule has 0 spiro atoms. The number of methoxy groups -OCH3 is 1. The molecule has 1 atom stereocenters. The molecule has 1 unspecified atom stereocenters. The molecule has 2 aromatic rings. The Bertz CT molecular complexity index is 563. The fourth-order valence-electron chi connectivity index (χ4n) is 2.10. The maximum Gasteiger partial charge on any atom is 0.243 e. The van der Waals surface area contributed by atoms with Gasteiger partial charge in [0.2, 0.25) is 5.89 Å². The molecular formula is C14H17N3O2. The van der Waals surface area contributed by atoms with Crippen LogP contribution in [-0.4, -0.2) is 17.3 Å². The van der Waals surface area contributed by atoms with Gasteiger partial charge in [-0.2, -0.15) is 4.98 Å². The van der Waals surface area contributed by atoms with E-state index in [2.05, 4.69) is 10.1 Å². The second kappa shape index (κ2) is 5.01. The quantitative estimate of drug-likeness (QED) is 0.889. The molecule has 100 valence electrons. The average Bonchev–Trinajstić information content (AvgIpc) is 3.19. The Morgan fingerprint density at radius 3 is 3.05 bits per heavy atom. The van der Waals surface area contributed by atoms with Gasteiger partial charge in [-0.15, -0.1) is 0 Å². The molecule has 0 saturated heterocycles. The van der Waals surface area contributed by atoms with Gasteiger partial charge >= 0.3 is 0 Å². The lowest BCUT2D eigenvalue weighted by Gasteiger charge is -2.02. The molecule has 2 N–H and O–H groups in total. The van der Waals surface area contributed by atoms with Gasteiger partial charge in [0, 0.05) is 6.42 Å². The van der Waals surface area contributed by atoms with Crippen molar-refractivity contribution in [2.45, 2.75) is 25.3 Å². The number of hydrogen-bond acceptors (Lipinski definition) is 5. The van der Waals surface area contributed by atoms with Gasteiger partial charge in [-0.05, 0) is 36.5 Å². The van der Waals surface area contributed by atoms with Crippen LogP contribution in [-0.2, 0) is 6.42 Å². The van der Waals surface area contributed by atoms with E-state index >= 15 is 0 Å². The minimum Gasteiger partial charge on any atom is -0.497 e. The normalized spacial score (nSPS) is 16.3. The Morgan fingerprint density at radius 1 is 1.47 bits per heavy atom. The lowest BCUT2D eigenvalue weighted by molar-refractivity contribution is 0.340. The molecule has 5 nitrogen and oxygen atoms in total. The molecular weight excluding hydrogens is 242 g/mol. The topological polar surface area (TPSA) is 74.2 Å². The molecule has 1 fully saturated rings. The number of nitrogens with two attached hydrogens (primary N) is 1. The van der Waals surface area contributed by atoms with Crippen LogP contribution >= 0.6 is 0 Å². The predicted molar refractivity (Wildman–Crippen MR) is 69.8 cm³/mol. The molecule has 1 aromatic heterocycles. The summed E-state index contributed by atoms with van der Waals surface area (Å²) in [5, 5.41) is 3.99. The Hall–Kier alpha value is -1.88. The van der Waals surface area contributed by atoms with Gasteiger partial charge in [-0.25, -0.2) is 0 Å². The molecule has 0 aliphatic heterocycles. The zero-order valence-corrected chi connectivity index (χ0v) is 10.9. The van der Waals surface area contributed by atoms with E-state index in [1.807, 2.05) is 24.3 Å². The van der Waals surface area contributed by atoms with Gasteiger partial charge in [-0.1, -0.05) is 17.3 Å². The van der Waals surface area contributed by atoms with Crippen LogP contribution in [0.25, 0.3) is 0 Å². The van der Waals surface area contributed by atoms with Crippen LogP contribution in [0.3, 0.4) is 0 Å². The third kappa shape index (κ3) is 2.76. The number of ether oxygens (including phenoxy) is 1. The van der Waals surface area contributed by atoms with Gasteiger partial charge < -0.3 is 15.0 Å². The molecule has 19 heavy (non-hydrogen) atoms. The zero-order chi connectivity index (χ0) is 13.2. The van der Waals surface area contributed by atoms with E-state index in [4.69, 9.17) is 15.0 Å². The SMILES string of the molecule is COc1cccc(Cc2noc(C(N)C3CC3)n2)c1. The van der Waals surface area contributed by atoms with Crippen LogP contribution in [0, 0.1) is 5.92 Å². The number of nitrogens with zero attached hydrogens (tertiary/aromatic N) is 2. The first-order valence-corrected chi connectivity index (χ1v) is 6.47. The summed E-state index contributed by atoms with van der Waals surface area (Å²) in [6, 6.07) is 7.74. The van der Waals surface area contributed by atoms with Crippen LogP contribution in [0.5, 0.6) is 5.75 Å². The first kappa shape index (κ1) is 12.2. The van der Waals surface area contributed by atoms with Crippen molar-refractivity contribution in [1.82, 2.24) is 10.1 Å². The summed E-state index contributed by atoms with van der Waals surface area (Å²) in [6.45, 7) is 0. The van der Waals surface area contributed by atoms with E-state index in [1.54, 1.807) is 7.11 Å². The first-order valence-electron chi connectivity index (χ1n) is 6.47. The Labute approximate surface area is 111 Å². The molecule has 1 aliphatic carbocycles. The smallest absolute Gasteiger partial charge is 0.243 e. The van der Waals surface area contributed by atoms with Crippen LogP contribution < -0.4 is 10.5 Å². The maximum absolute atomic E-state index is 6.04. The van der Waals surface area contributed by atoms with E-state index in [9.17, 15) is 0 Å². The molecule has 1 aromatic carbocycles. The first-order chi connectivity index (χ1) is 9.26. The highest BCUT2D eigenvalue weighted by atomic mass is 16.5. The van der Waals surface area contributed by atoms with Crippen LogP contribution in [0.2, 0.25) is 0 Å². The fourth-order valence-corrected chi connectivity index (χ4v) is 2.10. The minimum atomic E-state index is -0.105. The Morgan fingerprint density at radius 2 is 2.32 bits per heavy atom. The van der Waals surface area contributed by atoms with E-state index in [0.29, 0.717) is 24.1 Å². The zero-order valence-electron chi connectivity index (χ0n) is 10.9. The molecule has 1 saturated carbocycles.